The van der Waals surface area contributed by atoms with E-state index in [0.717, 1.165) is 5.56 Å². The number of nitriles is 1. The zero-order valence-electron chi connectivity index (χ0n) is 23.5. The molecule has 1 amide bonds. The van der Waals surface area contributed by atoms with E-state index < -0.39 is 17.5 Å². The molecule has 1 saturated heterocycles. The van der Waals surface area contributed by atoms with Gasteiger partial charge in [0, 0.05) is 31.4 Å². The Morgan fingerprint density at radius 2 is 2.02 bits per heavy atom. The third-order valence-electron chi connectivity index (χ3n) is 7.42. The summed E-state index contributed by atoms with van der Waals surface area (Å²) in [7, 11) is 0. The molecule has 0 aliphatic carbocycles. The van der Waals surface area contributed by atoms with Crippen LogP contribution in [-0.2, 0) is 4.79 Å². The smallest absolute Gasteiger partial charge is 0.352 e. The average molecular weight is 586 g/mol. The number of benzene rings is 1. The molecule has 1 aliphatic rings. The average Bonchev–Trinajstić information content (AvgIpc) is 2.97. The number of hydrogen-bond acceptors (Lipinski definition) is 7. The molecule has 3 aromatic heterocycles. The van der Waals surface area contributed by atoms with Crippen LogP contribution in [0.25, 0.3) is 28.0 Å². The van der Waals surface area contributed by atoms with Crippen molar-refractivity contribution in [2.75, 3.05) is 24.5 Å². The number of aromatic nitrogens is 4. The first-order chi connectivity index (χ1) is 20.2. The Morgan fingerprint density at radius 1 is 1.26 bits per heavy atom. The molecule has 9 nitrogen and oxygen atoms in total. The Bertz CT molecular complexity index is 1810. The maximum atomic E-state index is 14.9. The number of piperazine rings is 1. The molecule has 0 spiro atoms. The van der Waals surface area contributed by atoms with Gasteiger partial charge in [0.2, 0.25) is 5.91 Å². The highest BCUT2D eigenvalue weighted by molar-refractivity contribution is 6.33. The topological polar surface area (TPSA) is 108 Å². The predicted octanol–water partition coefficient (Wildman–Crippen LogP) is 5.18. The van der Waals surface area contributed by atoms with E-state index in [-0.39, 0.29) is 46.7 Å². The third kappa shape index (κ3) is 5.12. The molecule has 42 heavy (non-hydrogen) atoms. The molecule has 1 unspecified atom stereocenters. The first kappa shape index (κ1) is 28.9. The van der Waals surface area contributed by atoms with Gasteiger partial charge in [0.25, 0.3) is 0 Å². The van der Waals surface area contributed by atoms with Gasteiger partial charge in [-0.2, -0.15) is 10.2 Å². The Balaban J connectivity index is 1.80. The molecule has 1 atom stereocenters. The zero-order valence-corrected chi connectivity index (χ0v) is 24.3. The number of pyridine rings is 2. The molecule has 0 N–H and O–H groups in total. The van der Waals surface area contributed by atoms with Gasteiger partial charge in [0.1, 0.15) is 11.6 Å². The lowest BCUT2D eigenvalue weighted by atomic mass is 10.0. The van der Waals surface area contributed by atoms with Crippen molar-refractivity contribution < 1.29 is 9.18 Å². The van der Waals surface area contributed by atoms with Crippen molar-refractivity contribution in [3.8, 4) is 23.0 Å². The molecule has 1 fully saturated rings. The highest BCUT2D eigenvalue weighted by atomic mass is 35.5. The zero-order chi connectivity index (χ0) is 30.1. The second-order valence-electron chi connectivity index (χ2n) is 10.4. The van der Waals surface area contributed by atoms with Crippen LogP contribution in [0.2, 0.25) is 5.02 Å². The summed E-state index contributed by atoms with van der Waals surface area (Å²) in [6, 6.07) is 11.3. The van der Waals surface area contributed by atoms with Gasteiger partial charge in [0.15, 0.2) is 5.65 Å². The standard InChI is InChI=1S/C31H29ClFN7O2/c1-5-25(41)39-15-14-38(17-20(39)10-12-34)29-22-16-23(32)27(21-8-6-7-9-24(21)33)36-30(22)40(31(42)37-29)28-19(4)11-13-35-26(28)18(2)3/h5-9,11,13,16,18,20H,1,10,14-15,17H2,2-4H3. The minimum absolute atomic E-state index is 0.0259. The van der Waals surface area contributed by atoms with E-state index >= 15 is 0 Å². The molecule has 11 heteroatoms. The number of fused-ring (bicyclic) bond motifs is 1. The summed E-state index contributed by atoms with van der Waals surface area (Å²) in [5.74, 6) is -0.475. The number of carbonyl (C=O) groups excluding carboxylic acids is 1. The van der Waals surface area contributed by atoms with E-state index in [2.05, 4.69) is 22.6 Å². The number of nitrogens with zero attached hydrogens (tertiary/aromatic N) is 7. The molecule has 4 heterocycles. The van der Waals surface area contributed by atoms with Crippen LogP contribution in [0, 0.1) is 24.1 Å². The number of amides is 1. The van der Waals surface area contributed by atoms with Gasteiger partial charge in [-0.15, -0.1) is 0 Å². The maximum absolute atomic E-state index is 14.9. The van der Waals surface area contributed by atoms with E-state index in [1.807, 2.05) is 31.7 Å². The van der Waals surface area contributed by atoms with Crippen molar-refractivity contribution in [2.45, 2.75) is 39.2 Å². The molecule has 1 aliphatic heterocycles. The molecular formula is C31H29ClFN7O2. The lowest BCUT2D eigenvalue weighted by molar-refractivity contribution is -0.128. The summed E-state index contributed by atoms with van der Waals surface area (Å²) in [4.78, 5) is 43.8. The van der Waals surface area contributed by atoms with Crippen LogP contribution in [0.1, 0.15) is 37.4 Å². The molecule has 1 aromatic carbocycles. The number of anilines is 1. The molecule has 4 aromatic rings. The summed E-state index contributed by atoms with van der Waals surface area (Å²) in [5.41, 5.74) is 2.06. The minimum atomic E-state index is -0.591. The summed E-state index contributed by atoms with van der Waals surface area (Å²) in [6.07, 6.45) is 3.01. The van der Waals surface area contributed by atoms with Crippen molar-refractivity contribution >= 4 is 34.4 Å². The highest BCUT2D eigenvalue weighted by Gasteiger charge is 2.32. The van der Waals surface area contributed by atoms with Crippen molar-refractivity contribution in [3.05, 3.63) is 87.8 Å². The molecule has 0 bridgehead atoms. The van der Waals surface area contributed by atoms with Crippen LogP contribution in [0.3, 0.4) is 0 Å². The van der Waals surface area contributed by atoms with Crippen LogP contribution in [0.15, 0.2) is 60.0 Å². The van der Waals surface area contributed by atoms with Crippen molar-refractivity contribution in [1.82, 2.24) is 24.4 Å². The summed E-state index contributed by atoms with van der Waals surface area (Å²) >= 11 is 6.75. The van der Waals surface area contributed by atoms with Gasteiger partial charge in [-0.25, -0.2) is 18.7 Å². The van der Waals surface area contributed by atoms with Crippen molar-refractivity contribution in [3.63, 3.8) is 0 Å². The van der Waals surface area contributed by atoms with Gasteiger partial charge >= 0.3 is 5.69 Å². The highest BCUT2D eigenvalue weighted by Crippen LogP contribution is 2.36. The van der Waals surface area contributed by atoms with E-state index in [1.54, 1.807) is 35.4 Å². The number of aryl methyl sites for hydroxylation is 1. The van der Waals surface area contributed by atoms with E-state index in [4.69, 9.17) is 16.6 Å². The fraction of sp³-hybridized carbons (Fsp3) is 0.290. The Morgan fingerprint density at radius 3 is 2.71 bits per heavy atom. The second-order valence-corrected chi connectivity index (χ2v) is 10.8. The van der Waals surface area contributed by atoms with Gasteiger partial charge in [-0.1, -0.05) is 44.2 Å². The second kappa shape index (κ2) is 11.7. The van der Waals surface area contributed by atoms with Crippen molar-refractivity contribution in [1.29, 1.82) is 5.26 Å². The van der Waals surface area contributed by atoms with Crippen LogP contribution < -0.4 is 10.6 Å². The largest absolute Gasteiger partial charge is 0.355 e. The van der Waals surface area contributed by atoms with Crippen LogP contribution in [0.4, 0.5) is 10.2 Å². The minimum Gasteiger partial charge on any atom is -0.352 e. The van der Waals surface area contributed by atoms with Crippen LogP contribution in [-0.4, -0.2) is 56.0 Å². The summed E-state index contributed by atoms with van der Waals surface area (Å²) in [6.45, 7) is 10.3. The van der Waals surface area contributed by atoms with Crippen molar-refractivity contribution in [2.24, 2.45) is 0 Å². The Kier molecular flexibility index (Phi) is 8.05. The Hall–Kier alpha value is -4.62. The number of halogens is 2. The fourth-order valence-electron chi connectivity index (χ4n) is 5.41. The number of carbonyl (C=O) groups is 1. The molecular weight excluding hydrogens is 557 g/mol. The van der Waals surface area contributed by atoms with E-state index in [1.165, 1.54) is 16.7 Å². The first-order valence-corrected chi connectivity index (χ1v) is 13.9. The lowest BCUT2D eigenvalue weighted by Crippen LogP contribution is -2.55. The molecule has 5 rings (SSSR count). The van der Waals surface area contributed by atoms with E-state index in [0.29, 0.717) is 35.7 Å². The molecule has 214 valence electrons. The van der Waals surface area contributed by atoms with Gasteiger partial charge in [-0.05, 0) is 48.7 Å². The predicted molar refractivity (Wildman–Crippen MR) is 160 cm³/mol. The van der Waals surface area contributed by atoms with E-state index in [9.17, 15) is 19.2 Å². The third-order valence-corrected chi connectivity index (χ3v) is 7.71. The Labute approximate surface area is 247 Å². The number of rotatable bonds is 6. The molecule has 0 saturated carbocycles. The number of hydrogen-bond donors (Lipinski definition) is 0. The summed E-state index contributed by atoms with van der Waals surface area (Å²) < 4.78 is 16.4. The fourth-order valence-corrected chi connectivity index (χ4v) is 5.66. The SMILES string of the molecule is C=CC(=O)N1CCN(c2nc(=O)n(-c3c(C)ccnc3C(C)C)c3nc(-c4ccccc4F)c(Cl)cc23)CC1CC#N. The quantitative estimate of drug-likeness (QED) is 0.287. The van der Waals surface area contributed by atoms with Gasteiger partial charge in [0.05, 0.1) is 46.0 Å². The summed E-state index contributed by atoms with van der Waals surface area (Å²) in [5, 5.41) is 10.1. The van der Waals surface area contributed by atoms with Crippen LogP contribution in [0.5, 0.6) is 0 Å². The van der Waals surface area contributed by atoms with Gasteiger partial charge < -0.3 is 9.80 Å². The maximum Gasteiger partial charge on any atom is 0.355 e. The lowest BCUT2D eigenvalue weighted by Gasteiger charge is -2.41. The molecule has 0 radical (unpaired) electrons. The first-order valence-electron chi connectivity index (χ1n) is 13.5. The van der Waals surface area contributed by atoms with Crippen LogP contribution >= 0.6 is 11.6 Å². The monoisotopic (exact) mass is 585 g/mol. The normalized spacial score (nSPS) is 15.2. The van der Waals surface area contributed by atoms with Gasteiger partial charge in [-0.3, -0.25) is 9.78 Å².